The summed E-state index contributed by atoms with van der Waals surface area (Å²) in [6.45, 7) is 0. The molecule has 1 aliphatic carbocycles. The van der Waals surface area contributed by atoms with E-state index in [1.165, 1.54) is 4.68 Å². The van der Waals surface area contributed by atoms with E-state index in [1.54, 1.807) is 7.05 Å². The summed E-state index contributed by atoms with van der Waals surface area (Å²) in [6, 6.07) is 0. The van der Waals surface area contributed by atoms with Crippen LogP contribution in [-0.4, -0.2) is 26.3 Å². The quantitative estimate of drug-likeness (QED) is 0.899. The van der Waals surface area contributed by atoms with Crippen molar-refractivity contribution >= 4 is 15.9 Å². The summed E-state index contributed by atoms with van der Waals surface area (Å²) < 4.78 is 40.7. The molecule has 1 fully saturated rings. The van der Waals surface area contributed by atoms with Crippen molar-refractivity contribution in [2.75, 3.05) is 0 Å². The fraction of sp³-hybridized carbons (Fsp3) is 0.818. The number of aryl methyl sites for hydroxylation is 1. The molecule has 3 atom stereocenters. The van der Waals surface area contributed by atoms with Gasteiger partial charge in [0.15, 0.2) is 4.60 Å². The Balaban J connectivity index is 2.28. The van der Waals surface area contributed by atoms with Gasteiger partial charge in [-0.1, -0.05) is 18.1 Å². The molecule has 0 saturated heterocycles. The molecule has 0 radical (unpaired) electrons. The highest BCUT2D eigenvalue weighted by Gasteiger charge is 2.48. The Morgan fingerprint density at radius 2 is 2.00 bits per heavy atom. The molecule has 8 heteroatoms. The van der Waals surface area contributed by atoms with E-state index in [4.69, 9.17) is 0 Å². The molecular formula is C11H15BrF3N3O. The summed E-state index contributed by atoms with van der Waals surface area (Å²) in [5.41, 5.74) is 0.307. The van der Waals surface area contributed by atoms with Crippen LogP contribution in [0.5, 0.6) is 0 Å². The smallest absolute Gasteiger partial charge is 0.386 e. The van der Waals surface area contributed by atoms with Crippen LogP contribution in [0.3, 0.4) is 0 Å². The van der Waals surface area contributed by atoms with Gasteiger partial charge < -0.3 is 5.11 Å². The second-order valence-corrected chi connectivity index (χ2v) is 5.68. The van der Waals surface area contributed by atoms with Crippen LogP contribution in [0.1, 0.15) is 37.5 Å². The largest absolute Gasteiger partial charge is 0.392 e. The third-order valence-electron chi connectivity index (χ3n) is 3.75. The summed E-state index contributed by atoms with van der Waals surface area (Å²) in [5, 5.41) is 17.7. The van der Waals surface area contributed by atoms with Crippen molar-refractivity contribution in [3.63, 3.8) is 0 Å². The maximum absolute atomic E-state index is 13.0. The SMILES string of the molecule is Cn1nnc(Br)c1C(O)C1CCCCC1C(F)(F)F. The summed E-state index contributed by atoms with van der Waals surface area (Å²) in [5.74, 6) is -2.29. The number of aliphatic hydroxyl groups excluding tert-OH is 1. The Morgan fingerprint density at radius 1 is 1.37 bits per heavy atom. The van der Waals surface area contributed by atoms with Crippen molar-refractivity contribution < 1.29 is 18.3 Å². The topological polar surface area (TPSA) is 50.9 Å². The Bertz CT molecular complexity index is 429. The number of hydrogen-bond acceptors (Lipinski definition) is 3. The van der Waals surface area contributed by atoms with Gasteiger partial charge in [0.1, 0.15) is 11.8 Å². The van der Waals surface area contributed by atoms with E-state index in [0.717, 1.165) is 0 Å². The highest BCUT2D eigenvalue weighted by atomic mass is 79.9. The van der Waals surface area contributed by atoms with Crippen LogP contribution in [0.15, 0.2) is 4.60 Å². The molecule has 1 heterocycles. The van der Waals surface area contributed by atoms with Crippen molar-refractivity contribution in [1.29, 1.82) is 0 Å². The Hall–Kier alpha value is -0.630. The van der Waals surface area contributed by atoms with Crippen molar-refractivity contribution in [3.05, 3.63) is 10.3 Å². The molecule has 0 amide bonds. The molecule has 2 rings (SSSR count). The molecule has 1 aliphatic rings. The van der Waals surface area contributed by atoms with Crippen LogP contribution >= 0.6 is 15.9 Å². The molecule has 108 valence electrons. The number of aromatic nitrogens is 3. The molecular weight excluding hydrogens is 327 g/mol. The summed E-state index contributed by atoms with van der Waals surface area (Å²) in [6.07, 6.45) is -3.78. The van der Waals surface area contributed by atoms with E-state index in [2.05, 4.69) is 26.2 Å². The van der Waals surface area contributed by atoms with Gasteiger partial charge in [-0.3, -0.25) is 0 Å². The molecule has 1 N–H and O–H groups in total. The van der Waals surface area contributed by atoms with Gasteiger partial charge in [-0.25, -0.2) is 4.68 Å². The van der Waals surface area contributed by atoms with Gasteiger partial charge in [0.2, 0.25) is 0 Å². The first kappa shape index (κ1) is 14.8. The molecule has 0 aromatic carbocycles. The van der Waals surface area contributed by atoms with E-state index >= 15 is 0 Å². The first-order valence-corrected chi connectivity index (χ1v) is 6.91. The minimum atomic E-state index is -4.27. The average molecular weight is 342 g/mol. The fourth-order valence-electron chi connectivity index (χ4n) is 2.80. The second kappa shape index (κ2) is 5.40. The van der Waals surface area contributed by atoms with Gasteiger partial charge in [0.25, 0.3) is 0 Å². The molecule has 3 unspecified atom stereocenters. The molecule has 0 aliphatic heterocycles. The number of halogens is 4. The van der Waals surface area contributed by atoms with Crippen LogP contribution in [-0.2, 0) is 7.05 Å². The lowest BCUT2D eigenvalue weighted by molar-refractivity contribution is -0.207. The number of aliphatic hydroxyl groups is 1. The number of nitrogens with zero attached hydrogens (tertiary/aromatic N) is 3. The standard InChI is InChI=1S/C11H15BrF3N3O/c1-18-8(10(12)16-17-18)9(19)6-4-2-3-5-7(6)11(13,14)15/h6-7,9,19H,2-5H2,1H3. The van der Waals surface area contributed by atoms with E-state index < -0.39 is 24.1 Å². The maximum atomic E-state index is 13.0. The average Bonchev–Trinajstić information content (AvgIpc) is 2.67. The molecule has 4 nitrogen and oxygen atoms in total. The summed E-state index contributed by atoms with van der Waals surface area (Å²) in [4.78, 5) is 0. The molecule has 1 saturated carbocycles. The lowest BCUT2D eigenvalue weighted by Crippen LogP contribution is -2.36. The number of hydrogen-bond donors (Lipinski definition) is 1. The van der Waals surface area contributed by atoms with E-state index in [0.29, 0.717) is 29.6 Å². The molecule has 0 bridgehead atoms. The monoisotopic (exact) mass is 341 g/mol. The normalized spacial score (nSPS) is 26.4. The number of alkyl halides is 3. The van der Waals surface area contributed by atoms with Gasteiger partial charge in [-0.05, 0) is 28.8 Å². The Morgan fingerprint density at radius 3 is 2.53 bits per heavy atom. The summed E-state index contributed by atoms with van der Waals surface area (Å²) >= 11 is 3.12. The van der Waals surface area contributed by atoms with Crippen LogP contribution < -0.4 is 0 Å². The molecule has 19 heavy (non-hydrogen) atoms. The van der Waals surface area contributed by atoms with Gasteiger partial charge in [-0.2, -0.15) is 13.2 Å². The van der Waals surface area contributed by atoms with E-state index in [-0.39, 0.29) is 6.42 Å². The fourth-order valence-corrected chi connectivity index (χ4v) is 3.36. The molecule has 1 aromatic heterocycles. The highest BCUT2D eigenvalue weighted by molar-refractivity contribution is 9.10. The second-order valence-electron chi connectivity index (χ2n) is 4.93. The maximum Gasteiger partial charge on any atom is 0.392 e. The van der Waals surface area contributed by atoms with Crippen LogP contribution in [0.4, 0.5) is 13.2 Å². The predicted octanol–water partition coefficient (Wildman–Crippen LogP) is 2.98. The van der Waals surface area contributed by atoms with Crippen molar-refractivity contribution in [2.24, 2.45) is 18.9 Å². The first-order valence-electron chi connectivity index (χ1n) is 6.12. The van der Waals surface area contributed by atoms with Crippen LogP contribution in [0, 0.1) is 11.8 Å². The summed E-state index contributed by atoms with van der Waals surface area (Å²) in [7, 11) is 1.56. The Kier molecular flexibility index (Phi) is 4.20. The van der Waals surface area contributed by atoms with Crippen molar-refractivity contribution in [2.45, 2.75) is 38.0 Å². The van der Waals surface area contributed by atoms with E-state index in [1.807, 2.05) is 0 Å². The predicted molar refractivity (Wildman–Crippen MR) is 65.2 cm³/mol. The Labute approximate surface area is 117 Å². The van der Waals surface area contributed by atoms with Gasteiger partial charge in [-0.15, -0.1) is 5.10 Å². The van der Waals surface area contributed by atoms with Crippen molar-refractivity contribution in [1.82, 2.24) is 15.0 Å². The lowest BCUT2D eigenvalue weighted by Gasteiger charge is -2.35. The zero-order chi connectivity index (χ0) is 14.2. The van der Waals surface area contributed by atoms with Gasteiger partial charge in [0, 0.05) is 13.0 Å². The molecule has 0 spiro atoms. The number of rotatable bonds is 2. The molecule has 1 aromatic rings. The zero-order valence-corrected chi connectivity index (χ0v) is 11.9. The van der Waals surface area contributed by atoms with Crippen molar-refractivity contribution in [3.8, 4) is 0 Å². The highest BCUT2D eigenvalue weighted by Crippen LogP contribution is 2.47. The van der Waals surface area contributed by atoms with Gasteiger partial charge in [0.05, 0.1) is 5.92 Å². The zero-order valence-electron chi connectivity index (χ0n) is 10.4. The van der Waals surface area contributed by atoms with Crippen LogP contribution in [0.2, 0.25) is 0 Å². The third-order valence-corrected chi connectivity index (χ3v) is 4.32. The van der Waals surface area contributed by atoms with Crippen LogP contribution in [0.25, 0.3) is 0 Å². The minimum Gasteiger partial charge on any atom is -0.386 e. The van der Waals surface area contributed by atoms with Gasteiger partial charge >= 0.3 is 6.18 Å². The van der Waals surface area contributed by atoms with E-state index in [9.17, 15) is 18.3 Å². The minimum absolute atomic E-state index is 0.0775. The lowest BCUT2D eigenvalue weighted by atomic mass is 9.75. The first-order chi connectivity index (χ1) is 8.82. The third kappa shape index (κ3) is 2.94.